The lowest BCUT2D eigenvalue weighted by molar-refractivity contribution is 0.287. The maximum absolute atomic E-state index is 15.0. The number of hydrogen-bond acceptors (Lipinski definition) is 2. The summed E-state index contributed by atoms with van der Waals surface area (Å²) in [4.78, 5) is 0. The molecule has 5 heteroatoms. The quantitative estimate of drug-likeness (QED) is 0.160. The highest BCUT2D eigenvalue weighted by molar-refractivity contribution is 5.72. The van der Waals surface area contributed by atoms with E-state index in [4.69, 9.17) is 9.47 Å². The minimum absolute atomic E-state index is 0.169. The van der Waals surface area contributed by atoms with Crippen LogP contribution in [0.15, 0.2) is 78.9 Å². The van der Waals surface area contributed by atoms with Gasteiger partial charge in [0, 0.05) is 11.1 Å². The fourth-order valence-corrected chi connectivity index (χ4v) is 4.44. The van der Waals surface area contributed by atoms with Gasteiger partial charge >= 0.3 is 0 Å². The van der Waals surface area contributed by atoms with E-state index >= 15 is 0 Å². The highest BCUT2D eigenvalue weighted by Crippen LogP contribution is 2.32. The number of aryl methyl sites for hydroxylation is 1. The van der Waals surface area contributed by atoms with Gasteiger partial charge in [0.05, 0.1) is 6.61 Å². The van der Waals surface area contributed by atoms with Gasteiger partial charge in [0.2, 0.25) is 0 Å². The molecule has 0 saturated carbocycles. The van der Waals surface area contributed by atoms with Crippen molar-refractivity contribution in [2.24, 2.45) is 0 Å². The number of rotatable bonds is 13. The van der Waals surface area contributed by atoms with Crippen LogP contribution in [0, 0.1) is 24.4 Å². The van der Waals surface area contributed by atoms with Crippen molar-refractivity contribution in [2.45, 2.75) is 59.0 Å². The maximum atomic E-state index is 15.0. The summed E-state index contributed by atoms with van der Waals surface area (Å²) < 4.78 is 55.7. The minimum atomic E-state index is -0.893. The third-order valence-corrected chi connectivity index (χ3v) is 6.77. The predicted molar refractivity (Wildman–Crippen MR) is 152 cm³/mol. The van der Waals surface area contributed by atoms with Gasteiger partial charge in [-0.3, -0.25) is 0 Å². The molecule has 0 atom stereocenters. The SMILES string of the molecule is CCCCCCCCOc1ccc(COc2ccc(-c3ccc(-c4ccc(C)cc4)c(F)c3F)cc2)cc1F. The molecule has 0 aliphatic rings. The highest BCUT2D eigenvalue weighted by Gasteiger charge is 2.16. The lowest BCUT2D eigenvalue weighted by Crippen LogP contribution is -2.01. The van der Waals surface area contributed by atoms with Crippen LogP contribution in [-0.4, -0.2) is 6.61 Å². The van der Waals surface area contributed by atoms with Crippen LogP contribution in [0.2, 0.25) is 0 Å². The number of ether oxygens (including phenoxy) is 2. The van der Waals surface area contributed by atoms with Gasteiger partial charge in [-0.25, -0.2) is 13.2 Å². The van der Waals surface area contributed by atoms with Crippen LogP contribution < -0.4 is 9.47 Å². The van der Waals surface area contributed by atoms with Crippen LogP contribution in [0.3, 0.4) is 0 Å². The monoisotopic (exact) mass is 532 g/mol. The van der Waals surface area contributed by atoms with Crippen molar-refractivity contribution >= 4 is 0 Å². The van der Waals surface area contributed by atoms with Gasteiger partial charge in [0.1, 0.15) is 12.4 Å². The Kier molecular flexibility index (Phi) is 10.1. The molecule has 0 bridgehead atoms. The molecular weight excluding hydrogens is 497 g/mol. The number of benzene rings is 4. The normalized spacial score (nSPS) is 11.0. The van der Waals surface area contributed by atoms with E-state index in [9.17, 15) is 13.2 Å². The largest absolute Gasteiger partial charge is 0.491 e. The van der Waals surface area contributed by atoms with Crippen molar-refractivity contribution in [1.82, 2.24) is 0 Å². The van der Waals surface area contributed by atoms with Crippen LogP contribution in [0.5, 0.6) is 11.5 Å². The van der Waals surface area contributed by atoms with Crippen LogP contribution in [0.1, 0.15) is 56.6 Å². The zero-order chi connectivity index (χ0) is 27.6. The molecule has 2 nitrogen and oxygen atoms in total. The Bertz CT molecular complexity index is 1350. The fourth-order valence-electron chi connectivity index (χ4n) is 4.44. The van der Waals surface area contributed by atoms with E-state index in [-0.39, 0.29) is 23.5 Å². The molecule has 204 valence electrons. The van der Waals surface area contributed by atoms with Crippen molar-refractivity contribution in [2.75, 3.05) is 6.61 Å². The Morgan fingerprint density at radius 3 is 1.82 bits per heavy atom. The maximum Gasteiger partial charge on any atom is 0.167 e. The van der Waals surface area contributed by atoms with Crippen LogP contribution in [0.4, 0.5) is 13.2 Å². The molecule has 0 N–H and O–H groups in total. The summed E-state index contributed by atoms with van der Waals surface area (Å²) >= 11 is 0. The summed E-state index contributed by atoms with van der Waals surface area (Å²) in [6.07, 6.45) is 6.89. The van der Waals surface area contributed by atoms with E-state index in [1.807, 2.05) is 19.1 Å². The number of halogens is 3. The molecular formula is C34H35F3O2. The van der Waals surface area contributed by atoms with Gasteiger partial charge in [-0.2, -0.15) is 0 Å². The average molecular weight is 533 g/mol. The van der Waals surface area contributed by atoms with Crippen LogP contribution in [0.25, 0.3) is 22.3 Å². The Morgan fingerprint density at radius 2 is 1.21 bits per heavy atom. The lowest BCUT2D eigenvalue weighted by atomic mass is 9.98. The van der Waals surface area contributed by atoms with Gasteiger partial charge < -0.3 is 9.47 Å². The molecule has 0 fully saturated rings. The lowest BCUT2D eigenvalue weighted by Gasteiger charge is -2.11. The van der Waals surface area contributed by atoms with Crippen molar-refractivity contribution in [1.29, 1.82) is 0 Å². The summed E-state index contributed by atoms with van der Waals surface area (Å²) in [6.45, 7) is 4.81. The van der Waals surface area contributed by atoms with E-state index in [0.717, 1.165) is 18.4 Å². The van der Waals surface area contributed by atoms with E-state index in [1.165, 1.54) is 31.7 Å². The molecule has 4 aromatic carbocycles. The van der Waals surface area contributed by atoms with E-state index in [0.29, 0.717) is 29.0 Å². The second-order valence-corrected chi connectivity index (χ2v) is 9.85. The number of hydrogen-bond donors (Lipinski definition) is 0. The van der Waals surface area contributed by atoms with Crippen molar-refractivity contribution in [3.05, 3.63) is 107 Å². The van der Waals surface area contributed by atoms with Gasteiger partial charge in [-0.1, -0.05) is 99.2 Å². The van der Waals surface area contributed by atoms with Gasteiger partial charge in [0.25, 0.3) is 0 Å². The second-order valence-electron chi connectivity index (χ2n) is 9.85. The zero-order valence-electron chi connectivity index (χ0n) is 22.6. The smallest absolute Gasteiger partial charge is 0.167 e. The fraction of sp³-hybridized carbons (Fsp3) is 0.294. The summed E-state index contributed by atoms with van der Waals surface area (Å²) in [5, 5.41) is 0. The molecule has 4 aromatic rings. The first-order valence-corrected chi connectivity index (χ1v) is 13.7. The molecule has 0 spiro atoms. The Hall–Kier alpha value is -3.73. The van der Waals surface area contributed by atoms with Gasteiger partial charge in [-0.05, 0) is 54.3 Å². The number of unbranched alkanes of at least 4 members (excludes halogenated alkanes) is 5. The van der Waals surface area contributed by atoms with E-state index < -0.39 is 17.5 Å². The standard InChI is InChI=1S/C34H35F3O2/c1-3-4-5-6-7-8-21-38-32-20-11-25(22-31(32)35)23-39-28-16-14-27(15-17-28)30-19-18-29(33(36)34(30)37)26-12-9-24(2)10-13-26/h9-20,22H,3-8,21,23H2,1-2H3. The van der Waals surface area contributed by atoms with Crippen LogP contribution in [-0.2, 0) is 6.61 Å². The third-order valence-electron chi connectivity index (χ3n) is 6.77. The Labute approximate surface area is 229 Å². The van der Waals surface area contributed by atoms with Crippen molar-refractivity contribution in [3.63, 3.8) is 0 Å². The first kappa shape index (κ1) is 28.3. The summed E-state index contributed by atoms with van der Waals surface area (Å²) in [7, 11) is 0. The van der Waals surface area contributed by atoms with Crippen LogP contribution >= 0.6 is 0 Å². The zero-order valence-corrected chi connectivity index (χ0v) is 22.6. The first-order chi connectivity index (χ1) is 19.0. The molecule has 0 heterocycles. The molecule has 0 aromatic heterocycles. The first-order valence-electron chi connectivity index (χ1n) is 13.7. The molecule has 39 heavy (non-hydrogen) atoms. The third kappa shape index (κ3) is 7.66. The summed E-state index contributed by atoms with van der Waals surface area (Å²) in [5.74, 6) is -1.39. The Balaban J connectivity index is 1.32. The summed E-state index contributed by atoms with van der Waals surface area (Å²) in [6, 6.07) is 22.0. The molecule has 0 amide bonds. The predicted octanol–water partition coefficient (Wildman–Crippen LogP) is 10.1. The highest BCUT2D eigenvalue weighted by atomic mass is 19.2. The second kappa shape index (κ2) is 13.9. The van der Waals surface area contributed by atoms with E-state index in [1.54, 1.807) is 60.7 Å². The summed E-state index contributed by atoms with van der Waals surface area (Å²) in [5.41, 5.74) is 3.28. The van der Waals surface area contributed by atoms with E-state index in [2.05, 4.69) is 6.92 Å². The molecule has 0 radical (unpaired) electrons. The molecule has 4 rings (SSSR count). The van der Waals surface area contributed by atoms with Gasteiger partial charge in [-0.15, -0.1) is 0 Å². The molecule has 0 unspecified atom stereocenters. The van der Waals surface area contributed by atoms with Gasteiger partial charge in [0.15, 0.2) is 23.2 Å². The van der Waals surface area contributed by atoms with Crippen molar-refractivity contribution in [3.8, 4) is 33.8 Å². The van der Waals surface area contributed by atoms with Crippen molar-refractivity contribution < 1.29 is 22.6 Å². The molecule has 0 aliphatic heterocycles. The minimum Gasteiger partial charge on any atom is -0.491 e. The Morgan fingerprint density at radius 1 is 0.615 bits per heavy atom. The topological polar surface area (TPSA) is 18.5 Å². The average Bonchev–Trinajstić information content (AvgIpc) is 2.95. The molecule has 0 aliphatic carbocycles. The molecule has 0 saturated heterocycles.